The molecule has 4 rings (SSSR count). The standard InChI is InChI=1S/C18H20FN3O4.K.H/c1-10-9-26-17-14-11(16(23)12(18(24)25)8-22(10)14)7-13(19)15(17)21-5-3-20(2)4-6-21;;/h7-8,10H,3-6,9H2,1-2H3,(H,24,25);;/q;+1;-1. The molecule has 7 nitrogen and oxygen atoms in total. The number of piperazine rings is 1. The predicted molar refractivity (Wildman–Crippen MR) is 96.2 cm³/mol. The summed E-state index contributed by atoms with van der Waals surface area (Å²) >= 11 is 0. The molecule has 1 aromatic heterocycles. The Morgan fingerprint density at radius 2 is 2.00 bits per heavy atom. The number of halogens is 1. The van der Waals surface area contributed by atoms with Gasteiger partial charge in [0.05, 0.1) is 16.9 Å². The SMILES string of the molecule is CC1COc2c(N3CCN(C)CC3)c(F)cc3c(=O)c(C(=O)O)cn1c23.[H-].[K+]. The number of aromatic carboxylic acids is 1. The number of nitrogens with zero attached hydrogens (tertiary/aromatic N) is 3. The second-order valence-corrected chi connectivity index (χ2v) is 6.97. The van der Waals surface area contributed by atoms with Gasteiger partial charge in [0.25, 0.3) is 0 Å². The Morgan fingerprint density at radius 3 is 2.63 bits per heavy atom. The van der Waals surface area contributed by atoms with Crippen LogP contribution in [0.15, 0.2) is 17.1 Å². The Balaban J connectivity index is 0.00000140. The van der Waals surface area contributed by atoms with E-state index in [1.165, 1.54) is 6.20 Å². The van der Waals surface area contributed by atoms with E-state index in [0.29, 0.717) is 30.0 Å². The molecule has 0 bridgehead atoms. The Morgan fingerprint density at radius 1 is 1.33 bits per heavy atom. The monoisotopic (exact) mass is 401 g/mol. The van der Waals surface area contributed by atoms with E-state index in [9.17, 15) is 19.1 Å². The van der Waals surface area contributed by atoms with Crippen LogP contribution in [0.2, 0.25) is 0 Å². The molecule has 0 amide bonds. The molecular formula is C18H21FKN3O4. The van der Waals surface area contributed by atoms with Gasteiger partial charge in [0.2, 0.25) is 5.43 Å². The van der Waals surface area contributed by atoms with Crippen molar-refractivity contribution in [1.82, 2.24) is 9.47 Å². The van der Waals surface area contributed by atoms with Gasteiger partial charge in [-0.05, 0) is 20.0 Å². The van der Waals surface area contributed by atoms with Crippen LogP contribution in [0.1, 0.15) is 24.8 Å². The minimum absolute atomic E-state index is 0. The van der Waals surface area contributed by atoms with Crippen LogP contribution < -0.4 is 66.5 Å². The minimum atomic E-state index is -1.32. The molecule has 2 aromatic rings. The van der Waals surface area contributed by atoms with Crippen LogP contribution in [-0.2, 0) is 0 Å². The first kappa shape index (κ1) is 20.8. The van der Waals surface area contributed by atoms with E-state index in [1.54, 1.807) is 4.57 Å². The first-order valence-corrected chi connectivity index (χ1v) is 8.59. The third-order valence-corrected chi connectivity index (χ3v) is 5.19. The molecule has 1 aromatic carbocycles. The average molecular weight is 401 g/mol. The van der Waals surface area contributed by atoms with Crippen LogP contribution in [0, 0.1) is 5.82 Å². The van der Waals surface area contributed by atoms with Gasteiger partial charge < -0.3 is 25.6 Å². The molecule has 2 aliphatic heterocycles. The van der Waals surface area contributed by atoms with E-state index in [1.807, 2.05) is 18.9 Å². The molecule has 9 heteroatoms. The van der Waals surface area contributed by atoms with Gasteiger partial charge >= 0.3 is 57.4 Å². The summed E-state index contributed by atoms with van der Waals surface area (Å²) in [6.07, 6.45) is 1.34. The second kappa shape index (κ2) is 7.80. The number of carboxylic acids is 1. The van der Waals surface area contributed by atoms with Gasteiger partial charge in [-0.1, -0.05) is 0 Å². The Bertz CT molecular complexity index is 976. The Kier molecular flexibility index (Phi) is 6.00. The van der Waals surface area contributed by atoms with Gasteiger partial charge in [-0.25, -0.2) is 9.18 Å². The second-order valence-electron chi connectivity index (χ2n) is 6.97. The number of pyridine rings is 1. The van der Waals surface area contributed by atoms with Crippen LogP contribution in [0.4, 0.5) is 10.1 Å². The number of anilines is 1. The number of ether oxygens (including phenoxy) is 1. The molecule has 2 aliphatic rings. The number of hydrogen-bond acceptors (Lipinski definition) is 5. The fourth-order valence-electron chi connectivity index (χ4n) is 3.69. The smallest absolute Gasteiger partial charge is 1.00 e. The van der Waals surface area contributed by atoms with Gasteiger partial charge in [0.1, 0.15) is 17.9 Å². The quantitative estimate of drug-likeness (QED) is 0.628. The number of aromatic nitrogens is 1. The summed E-state index contributed by atoms with van der Waals surface area (Å²) in [7, 11) is 2.02. The molecule has 1 N–H and O–H groups in total. The van der Waals surface area contributed by atoms with Crippen molar-refractivity contribution in [1.29, 1.82) is 0 Å². The summed E-state index contributed by atoms with van der Waals surface area (Å²) in [5.41, 5.74) is -0.224. The third-order valence-electron chi connectivity index (χ3n) is 5.19. The number of carboxylic acid groups (broad SMARTS) is 1. The molecule has 0 aliphatic carbocycles. The molecule has 1 atom stereocenters. The summed E-state index contributed by atoms with van der Waals surface area (Å²) in [6, 6.07) is 0.994. The van der Waals surface area contributed by atoms with Crippen LogP contribution in [-0.4, -0.2) is 60.4 Å². The van der Waals surface area contributed by atoms with Gasteiger partial charge in [0.15, 0.2) is 11.6 Å². The number of carbonyl (C=O) groups is 1. The molecule has 1 unspecified atom stereocenters. The van der Waals surface area contributed by atoms with Crippen molar-refractivity contribution < 1.29 is 71.8 Å². The maximum atomic E-state index is 15.0. The largest absolute Gasteiger partial charge is 1.00 e. The van der Waals surface area contributed by atoms with Gasteiger partial charge in [-0.2, -0.15) is 0 Å². The fourth-order valence-corrected chi connectivity index (χ4v) is 3.69. The van der Waals surface area contributed by atoms with E-state index in [2.05, 4.69) is 4.90 Å². The molecule has 0 spiro atoms. The molecular weight excluding hydrogens is 380 g/mol. The zero-order chi connectivity index (χ0) is 18.6. The fraction of sp³-hybridized carbons (Fsp3) is 0.444. The van der Waals surface area contributed by atoms with E-state index in [4.69, 9.17) is 4.74 Å². The average Bonchev–Trinajstić information content (AvgIpc) is 2.60. The topological polar surface area (TPSA) is 75.0 Å². The number of likely N-dealkylation sites (N-methyl/N-ethyl adjacent to an activating group) is 1. The van der Waals surface area contributed by atoms with Crippen molar-refractivity contribution in [2.75, 3.05) is 44.7 Å². The van der Waals surface area contributed by atoms with Crippen molar-refractivity contribution in [2.24, 2.45) is 0 Å². The summed E-state index contributed by atoms with van der Waals surface area (Å²) < 4.78 is 22.6. The van der Waals surface area contributed by atoms with Crippen LogP contribution in [0.25, 0.3) is 10.9 Å². The van der Waals surface area contributed by atoms with Crippen molar-refractivity contribution >= 4 is 22.6 Å². The summed E-state index contributed by atoms with van der Waals surface area (Å²) in [5.74, 6) is -1.54. The van der Waals surface area contributed by atoms with Crippen molar-refractivity contribution in [2.45, 2.75) is 13.0 Å². The van der Waals surface area contributed by atoms with E-state index < -0.39 is 17.2 Å². The molecule has 1 fully saturated rings. The summed E-state index contributed by atoms with van der Waals surface area (Å²) in [5, 5.41) is 9.36. The molecule has 3 heterocycles. The molecule has 140 valence electrons. The van der Waals surface area contributed by atoms with Crippen molar-refractivity contribution in [3.05, 3.63) is 33.9 Å². The molecule has 27 heavy (non-hydrogen) atoms. The Labute approximate surface area is 199 Å². The number of hydrogen-bond donors (Lipinski definition) is 1. The number of benzene rings is 1. The van der Waals surface area contributed by atoms with Crippen molar-refractivity contribution in [3.8, 4) is 5.75 Å². The Hall–Kier alpha value is -0.974. The summed E-state index contributed by atoms with van der Waals surface area (Å²) in [4.78, 5) is 28.1. The van der Waals surface area contributed by atoms with Gasteiger partial charge in [-0.15, -0.1) is 0 Å². The molecule has 0 radical (unpaired) electrons. The van der Waals surface area contributed by atoms with Crippen molar-refractivity contribution in [3.63, 3.8) is 0 Å². The predicted octanol–water partition coefficient (Wildman–Crippen LogP) is -1.34. The summed E-state index contributed by atoms with van der Waals surface area (Å²) in [6.45, 7) is 5.08. The van der Waals surface area contributed by atoms with Crippen LogP contribution >= 0.6 is 0 Å². The zero-order valence-electron chi connectivity index (χ0n) is 16.7. The van der Waals surface area contributed by atoms with Gasteiger partial charge in [-0.3, -0.25) is 4.79 Å². The van der Waals surface area contributed by atoms with Crippen LogP contribution in [0.3, 0.4) is 0 Å². The maximum Gasteiger partial charge on any atom is 1.00 e. The number of rotatable bonds is 2. The van der Waals surface area contributed by atoms with E-state index in [0.717, 1.165) is 19.2 Å². The third kappa shape index (κ3) is 3.45. The maximum absolute atomic E-state index is 15.0. The first-order chi connectivity index (χ1) is 12.4. The normalized spacial score (nSPS) is 19.5. The zero-order valence-corrected chi connectivity index (χ0v) is 18.8. The van der Waals surface area contributed by atoms with Crippen LogP contribution in [0.5, 0.6) is 5.75 Å². The van der Waals surface area contributed by atoms with E-state index >= 15 is 0 Å². The minimum Gasteiger partial charge on any atom is -1.00 e. The van der Waals surface area contributed by atoms with Gasteiger partial charge in [0, 0.05) is 32.4 Å². The van der Waals surface area contributed by atoms with E-state index in [-0.39, 0.29) is 76.4 Å². The first-order valence-electron chi connectivity index (χ1n) is 8.59. The molecule has 1 saturated heterocycles. The molecule has 0 saturated carbocycles.